The molecule has 0 bridgehead atoms. The van der Waals surface area contributed by atoms with Crippen LogP contribution in [-0.2, 0) is 14.7 Å². The number of hydrogen-bond acceptors (Lipinski definition) is 3. The van der Waals surface area contributed by atoms with Crippen molar-refractivity contribution in [2.45, 2.75) is 6.36 Å². The van der Waals surface area contributed by atoms with Crippen LogP contribution in [0.15, 0.2) is 0 Å². The molecule has 0 aromatic rings. The first-order valence-electron chi connectivity index (χ1n) is 1.78. The molecule has 0 saturated carbocycles. The highest BCUT2D eigenvalue weighted by molar-refractivity contribution is 7.81. The molecule has 0 aliphatic carbocycles. The largest absolute Gasteiger partial charge is 0.440 e. The van der Waals surface area contributed by atoms with E-state index in [9.17, 15) is 16.7 Å². The van der Waals surface area contributed by atoms with E-state index in [0.29, 0.717) is 0 Å². The SMILES string of the molecule is O=S(=O)(F)OC(F)CCl. The van der Waals surface area contributed by atoms with Gasteiger partial charge in [0.2, 0.25) is 6.36 Å². The minimum absolute atomic E-state index is 0.719. The predicted molar refractivity (Wildman–Crippen MR) is 26.7 cm³/mol. The van der Waals surface area contributed by atoms with E-state index in [1.807, 2.05) is 0 Å². The van der Waals surface area contributed by atoms with Crippen molar-refractivity contribution in [2.24, 2.45) is 0 Å². The molecule has 0 aromatic heterocycles. The lowest BCUT2D eigenvalue weighted by Gasteiger charge is -1.97. The molecule has 0 radical (unpaired) electrons. The normalized spacial score (nSPS) is 15.4. The predicted octanol–water partition coefficient (Wildman–Crippen LogP) is 0.752. The van der Waals surface area contributed by atoms with Gasteiger partial charge in [-0.2, -0.15) is 8.42 Å². The molecule has 0 aliphatic heterocycles. The van der Waals surface area contributed by atoms with Gasteiger partial charge in [0.05, 0.1) is 5.88 Å². The second-order valence-corrected chi connectivity index (χ2v) is 2.34. The molecular formula is C2H3ClF2O3S. The first kappa shape index (κ1) is 9.06. The number of halogens is 3. The topological polar surface area (TPSA) is 43.4 Å². The minimum atomic E-state index is -5.19. The molecule has 0 spiro atoms. The van der Waals surface area contributed by atoms with Crippen molar-refractivity contribution in [1.29, 1.82) is 0 Å². The fourth-order valence-electron chi connectivity index (χ4n) is 0.150. The van der Waals surface area contributed by atoms with Gasteiger partial charge in [0.25, 0.3) is 0 Å². The molecule has 0 N–H and O–H groups in total. The fourth-order valence-corrected chi connectivity index (χ4v) is 0.606. The average Bonchev–Trinajstić information content (AvgIpc) is 1.62. The van der Waals surface area contributed by atoms with Gasteiger partial charge in [-0.1, -0.05) is 3.89 Å². The van der Waals surface area contributed by atoms with Gasteiger partial charge in [0.1, 0.15) is 0 Å². The lowest BCUT2D eigenvalue weighted by atomic mass is 10.8. The van der Waals surface area contributed by atoms with Gasteiger partial charge in [0.15, 0.2) is 0 Å². The summed E-state index contributed by atoms with van der Waals surface area (Å²) in [5, 5.41) is 0. The summed E-state index contributed by atoms with van der Waals surface area (Å²) in [5.74, 6) is -0.719. The second kappa shape index (κ2) is 3.28. The van der Waals surface area contributed by atoms with Crippen molar-refractivity contribution in [3.8, 4) is 0 Å². The molecule has 1 atom stereocenters. The number of hydrogen-bond donors (Lipinski definition) is 0. The Bertz CT molecular complexity index is 167. The fraction of sp³-hybridized carbons (Fsp3) is 1.00. The molecule has 56 valence electrons. The molecule has 0 aromatic carbocycles. The molecular weight excluding hydrogens is 178 g/mol. The summed E-state index contributed by atoms with van der Waals surface area (Å²) in [6.07, 6.45) is -2.30. The van der Waals surface area contributed by atoms with Gasteiger partial charge in [-0.15, -0.1) is 11.6 Å². The van der Waals surface area contributed by atoms with Gasteiger partial charge >= 0.3 is 10.5 Å². The van der Waals surface area contributed by atoms with Gasteiger partial charge in [-0.25, -0.2) is 8.57 Å². The van der Waals surface area contributed by atoms with E-state index >= 15 is 0 Å². The summed E-state index contributed by atoms with van der Waals surface area (Å²) >= 11 is 4.73. The van der Waals surface area contributed by atoms with E-state index in [1.54, 1.807) is 0 Å². The molecule has 1 unspecified atom stereocenters. The van der Waals surface area contributed by atoms with Crippen molar-refractivity contribution in [3.05, 3.63) is 0 Å². The third-order valence-electron chi connectivity index (χ3n) is 0.341. The summed E-state index contributed by atoms with van der Waals surface area (Å²) < 4.78 is 44.9. The summed E-state index contributed by atoms with van der Waals surface area (Å²) in [5.41, 5.74) is 0. The monoisotopic (exact) mass is 180 g/mol. The maximum atomic E-state index is 11.7. The van der Waals surface area contributed by atoms with E-state index < -0.39 is 22.7 Å². The van der Waals surface area contributed by atoms with Crippen LogP contribution in [0.1, 0.15) is 0 Å². The van der Waals surface area contributed by atoms with Crippen molar-refractivity contribution in [1.82, 2.24) is 0 Å². The first-order chi connectivity index (χ1) is 3.95. The molecule has 0 fully saturated rings. The Morgan fingerprint density at radius 1 is 1.67 bits per heavy atom. The minimum Gasteiger partial charge on any atom is -0.213 e. The van der Waals surface area contributed by atoms with E-state index in [2.05, 4.69) is 4.18 Å². The third kappa shape index (κ3) is 5.94. The van der Waals surface area contributed by atoms with Crippen LogP contribution >= 0.6 is 11.6 Å². The molecule has 0 rings (SSSR count). The maximum Gasteiger partial charge on any atom is 0.440 e. The van der Waals surface area contributed by atoms with Crippen molar-refractivity contribution >= 4 is 22.1 Å². The van der Waals surface area contributed by atoms with Crippen LogP contribution in [0, 0.1) is 0 Å². The Hall–Kier alpha value is 0.0600. The zero-order valence-corrected chi connectivity index (χ0v) is 5.62. The molecule has 0 saturated heterocycles. The summed E-state index contributed by atoms with van der Waals surface area (Å²) in [6.45, 7) is 0. The van der Waals surface area contributed by atoms with E-state index in [-0.39, 0.29) is 0 Å². The highest BCUT2D eigenvalue weighted by Crippen LogP contribution is 2.03. The first-order valence-corrected chi connectivity index (χ1v) is 3.63. The van der Waals surface area contributed by atoms with E-state index in [1.165, 1.54) is 0 Å². The Morgan fingerprint density at radius 3 is 2.22 bits per heavy atom. The quantitative estimate of drug-likeness (QED) is 0.476. The molecule has 7 heteroatoms. The van der Waals surface area contributed by atoms with Crippen molar-refractivity contribution in [3.63, 3.8) is 0 Å². The number of rotatable bonds is 3. The van der Waals surface area contributed by atoms with Crippen LogP contribution in [0.5, 0.6) is 0 Å². The lowest BCUT2D eigenvalue weighted by Crippen LogP contribution is -2.11. The molecule has 0 aliphatic rings. The number of alkyl halides is 2. The molecule has 3 nitrogen and oxygen atoms in total. The van der Waals surface area contributed by atoms with Crippen LogP contribution in [0.4, 0.5) is 8.28 Å². The zero-order chi connectivity index (χ0) is 7.49. The summed E-state index contributed by atoms with van der Waals surface area (Å²) in [6, 6.07) is 0. The molecule has 0 heterocycles. The average molecular weight is 181 g/mol. The molecule has 0 amide bonds. The van der Waals surface area contributed by atoms with Crippen molar-refractivity contribution in [2.75, 3.05) is 5.88 Å². The smallest absolute Gasteiger partial charge is 0.213 e. The Kier molecular flexibility index (Phi) is 3.31. The van der Waals surface area contributed by atoms with Gasteiger partial charge in [0, 0.05) is 0 Å². The van der Waals surface area contributed by atoms with Crippen LogP contribution < -0.4 is 0 Å². The summed E-state index contributed by atoms with van der Waals surface area (Å²) in [7, 11) is -5.19. The van der Waals surface area contributed by atoms with Gasteiger partial charge < -0.3 is 0 Å². The van der Waals surface area contributed by atoms with Crippen LogP contribution in [0.25, 0.3) is 0 Å². The van der Waals surface area contributed by atoms with Gasteiger partial charge in [-0.05, 0) is 0 Å². The zero-order valence-electron chi connectivity index (χ0n) is 4.05. The Balaban J connectivity index is 3.75. The highest BCUT2D eigenvalue weighted by atomic mass is 35.5. The van der Waals surface area contributed by atoms with Gasteiger partial charge in [-0.3, -0.25) is 0 Å². The summed E-state index contributed by atoms with van der Waals surface area (Å²) in [4.78, 5) is 0. The maximum absolute atomic E-state index is 11.7. The highest BCUT2D eigenvalue weighted by Gasteiger charge is 2.15. The standard InChI is InChI=1S/C2H3ClF2O3S/c3-1-2(4)8-9(5,6)7/h2H,1H2. The van der Waals surface area contributed by atoms with E-state index in [0.717, 1.165) is 0 Å². The van der Waals surface area contributed by atoms with Crippen molar-refractivity contribution < 1.29 is 20.9 Å². The molecule has 9 heavy (non-hydrogen) atoms. The van der Waals surface area contributed by atoms with Crippen LogP contribution in [0.3, 0.4) is 0 Å². The Morgan fingerprint density at radius 2 is 2.11 bits per heavy atom. The van der Waals surface area contributed by atoms with Crippen LogP contribution in [-0.4, -0.2) is 20.7 Å². The Labute approximate surface area is 56.0 Å². The third-order valence-corrected chi connectivity index (χ3v) is 1.02. The van der Waals surface area contributed by atoms with Crippen LogP contribution in [0.2, 0.25) is 0 Å². The van der Waals surface area contributed by atoms with E-state index in [4.69, 9.17) is 11.6 Å². The second-order valence-electron chi connectivity index (χ2n) is 1.05. The lowest BCUT2D eigenvalue weighted by molar-refractivity contribution is 0.0888.